The van der Waals surface area contributed by atoms with Crippen molar-refractivity contribution >= 4 is 23.4 Å². The van der Waals surface area contributed by atoms with Crippen LogP contribution in [0, 0.1) is 0 Å². The molecule has 1 fully saturated rings. The maximum absolute atomic E-state index is 12.2. The first-order chi connectivity index (χ1) is 12.4. The number of nitrogens with two attached hydrogens (primary N) is 1. The van der Waals surface area contributed by atoms with E-state index in [2.05, 4.69) is 4.90 Å². The Hall–Kier alpha value is -2.44. The highest BCUT2D eigenvalue weighted by Crippen LogP contribution is 2.25. The zero-order valence-electron chi connectivity index (χ0n) is 17.2. The molecule has 2 rings (SSSR count). The van der Waals surface area contributed by atoms with Gasteiger partial charge in [-0.05, 0) is 59.7 Å². The Bertz CT molecular complexity index is 696. The number of piperazine rings is 1. The molecule has 1 heterocycles. The van der Waals surface area contributed by atoms with Crippen LogP contribution in [0.2, 0.25) is 0 Å². The first-order valence-electron chi connectivity index (χ1n) is 9.21. The van der Waals surface area contributed by atoms with E-state index < -0.39 is 17.2 Å². The minimum absolute atomic E-state index is 0.290. The topological polar surface area (TPSA) is 85.1 Å². The lowest BCUT2D eigenvalue weighted by atomic mass is 10.1. The second-order valence-corrected chi connectivity index (χ2v) is 8.73. The van der Waals surface area contributed by atoms with E-state index in [0.29, 0.717) is 37.4 Å². The smallest absolute Gasteiger partial charge is 0.410 e. The van der Waals surface area contributed by atoms with Crippen molar-refractivity contribution in [3.63, 3.8) is 0 Å². The van der Waals surface area contributed by atoms with Gasteiger partial charge in [0.1, 0.15) is 11.2 Å². The van der Waals surface area contributed by atoms with Gasteiger partial charge in [-0.25, -0.2) is 9.59 Å². The van der Waals surface area contributed by atoms with E-state index in [1.54, 1.807) is 17.0 Å². The molecular formula is C20H31N3O4. The first kappa shape index (κ1) is 20.9. The van der Waals surface area contributed by atoms with Crippen molar-refractivity contribution in [2.75, 3.05) is 36.8 Å². The average Bonchev–Trinajstić information content (AvgIpc) is 2.51. The second-order valence-electron chi connectivity index (χ2n) is 8.73. The van der Waals surface area contributed by atoms with Gasteiger partial charge in [-0.1, -0.05) is 0 Å². The lowest BCUT2D eigenvalue weighted by Gasteiger charge is -2.36. The van der Waals surface area contributed by atoms with Crippen molar-refractivity contribution in [1.29, 1.82) is 0 Å². The molecule has 0 radical (unpaired) electrons. The molecular weight excluding hydrogens is 346 g/mol. The quantitative estimate of drug-likeness (QED) is 0.629. The highest BCUT2D eigenvalue weighted by Gasteiger charge is 2.26. The number of rotatable bonds is 2. The van der Waals surface area contributed by atoms with Gasteiger partial charge in [0.15, 0.2) is 0 Å². The fourth-order valence-corrected chi connectivity index (χ4v) is 2.74. The molecule has 1 amide bonds. The normalized spacial score (nSPS) is 15.5. The van der Waals surface area contributed by atoms with Crippen LogP contribution >= 0.6 is 0 Å². The summed E-state index contributed by atoms with van der Waals surface area (Å²) in [5.74, 6) is -0.429. The molecule has 1 aliphatic heterocycles. The molecule has 0 aromatic heterocycles. The van der Waals surface area contributed by atoms with Gasteiger partial charge < -0.3 is 25.0 Å². The fraction of sp³-hybridized carbons (Fsp3) is 0.600. The minimum Gasteiger partial charge on any atom is -0.456 e. The van der Waals surface area contributed by atoms with Gasteiger partial charge >= 0.3 is 12.1 Å². The van der Waals surface area contributed by atoms with E-state index in [0.717, 1.165) is 5.69 Å². The molecule has 0 spiro atoms. The Morgan fingerprint density at radius 1 is 0.926 bits per heavy atom. The number of amides is 1. The summed E-state index contributed by atoms with van der Waals surface area (Å²) in [5.41, 5.74) is 6.68. The van der Waals surface area contributed by atoms with Gasteiger partial charge in [-0.2, -0.15) is 0 Å². The van der Waals surface area contributed by atoms with Crippen LogP contribution in [0.25, 0.3) is 0 Å². The molecule has 1 aromatic rings. The summed E-state index contributed by atoms with van der Waals surface area (Å²) in [7, 11) is 0. The SMILES string of the molecule is CC(C)(C)OC(=O)c1ccc(N2CCN(C(=O)OC(C)(C)C)CC2)cc1N. The van der Waals surface area contributed by atoms with E-state index in [1.165, 1.54) is 0 Å². The van der Waals surface area contributed by atoms with Crippen molar-refractivity contribution in [3.8, 4) is 0 Å². The van der Waals surface area contributed by atoms with Gasteiger partial charge in [0, 0.05) is 37.6 Å². The van der Waals surface area contributed by atoms with Crippen LogP contribution in [-0.4, -0.2) is 54.3 Å². The summed E-state index contributed by atoms with van der Waals surface area (Å²) < 4.78 is 10.8. The van der Waals surface area contributed by atoms with Crippen LogP contribution in [0.15, 0.2) is 18.2 Å². The Balaban J connectivity index is 2.00. The Morgan fingerprint density at radius 2 is 1.48 bits per heavy atom. The largest absolute Gasteiger partial charge is 0.456 e. The van der Waals surface area contributed by atoms with E-state index in [9.17, 15) is 9.59 Å². The zero-order chi connectivity index (χ0) is 20.4. The van der Waals surface area contributed by atoms with Crippen molar-refractivity contribution in [2.45, 2.75) is 52.7 Å². The van der Waals surface area contributed by atoms with Crippen molar-refractivity contribution in [1.82, 2.24) is 4.90 Å². The van der Waals surface area contributed by atoms with E-state index >= 15 is 0 Å². The number of anilines is 2. The lowest BCUT2D eigenvalue weighted by Crippen LogP contribution is -2.50. The predicted octanol–water partition coefficient (Wildman–Crippen LogP) is 3.28. The number of hydrogen-bond acceptors (Lipinski definition) is 6. The summed E-state index contributed by atoms with van der Waals surface area (Å²) in [6.07, 6.45) is -0.290. The average molecular weight is 377 g/mol. The maximum Gasteiger partial charge on any atom is 0.410 e. The van der Waals surface area contributed by atoms with Crippen LogP contribution in [0.5, 0.6) is 0 Å². The molecule has 7 heteroatoms. The maximum atomic E-state index is 12.2. The van der Waals surface area contributed by atoms with Crippen molar-refractivity contribution in [3.05, 3.63) is 23.8 Å². The molecule has 0 atom stereocenters. The van der Waals surface area contributed by atoms with Crippen LogP contribution in [-0.2, 0) is 9.47 Å². The number of nitrogen functional groups attached to an aromatic ring is 1. The summed E-state index contributed by atoms with van der Waals surface area (Å²) >= 11 is 0. The Labute approximate surface area is 161 Å². The molecule has 2 N–H and O–H groups in total. The number of ether oxygens (including phenoxy) is 2. The molecule has 1 saturated heterocycles. The Morgan fingerprint density at radius 3 is 1.96 bits per heavy atom. The second kappa shape index (κ2) is 7.66. The predicted molar refractivity (Wildman–Crippen MR) is 106 cm³/mol. The molecule has 0 bridgehead atoms. The number of esters is 1. The summed E-state index contributed by atoms with van der Waals surface area (Å²) in [6.45, 7) is 13.5. The molecule has 7 nitrogen and oxygen atoms in total. The van der Waals surface area contributed by atoms with E-state index in [1.807, 2.05) is 47.6 Å². The third-order valence-corrected chi connectivity index (χ3v) is 3.95. The van der Waals surface area contributed by atoms with Crippen LogP contribution in [0.1, 0.15) is 51.9 Å². The third kappa shape index (κ3) is 6.05. The highest BCUT2D eigenvalue weighted by atomic mass is 16.6. The summed E-state index contributed by atoms with van der Waals surface area (Å²) in [4.78, 5) is 28.2. The monoisotopic (exact) mass is 377 g/mol. The number of nitrogens with zero attached hydrogens (tertiary/aromatic N) is 2. The van der Waals surface area contributed by atoms with Crippen molar-refractivity contribution < 1.29 is 19.1 Å². The molecule has 0 unspecified atom stereocenters. The van der Waals surface area contributed by atoms with Gasteiger partial charge in [0.05, 0.1) is 5.56 Å². The van der Waals surface area contributed by atoms with Crippen LogP contribution < -0.4 is 10.6 Å². The molecule has 27 heavy (non-hydrogen) atoms. The molecule has 150 valence electrons. The van der Waals surface area contributed by atoms with Gasteiger partial charge in [-0.3, -0.25) is 0 Å². The van der Waals surface area contributed by atoms with Gasteiger partial charge in [0.25, 0.3) is 0 Å². The number of carbonyl (C=O) groups excluding carboxylic acids is 2. The van der Waals surface area contributed by atoms with Crippen molar-refractivity contribution in [2.24, 2.45) is 0 Å². The van der Waals surface area contributed by atoms with Crippen LogP contribution in [0.3, 0.4) is 0 Å². The van der Waals surface area contributed by atoms with E-state index in [-0.39, 0.29) is 6.09 Å². The Kier molecular flexibility index (Phi) is 5.92. The lowest BCUT2D eigenvalue weighted by molar-refractivity contribution is 0.00699. The summed E-state index contributed by atoms with van der Waals surface area (Å²) in [5, 5.41) is 0. The number of carbonyl (C=O) groups is 2. The zero-order valence-corrected chi connectivity index (χ0v) is 17.2. The standard InChI is InChI=1S/C20H31N3O4/c1-19(2,3)26-17(24)15-8-7-14(13-16(15)21)22-9-11-23(12-10-22)18(25)27-20(4,5)6/h7-8,13H,9-12,21H2,1-6H3. The summed E-state index contributed by atoms with van der Waals surface area (Å²) in [6, 6.07) is 5.33. The fourth-order valence-electron chi connectivity index (χ4n) is 2.74. The number of hydrogen-bond donors (Lipinski definition) is 1. The molecule has 0 aliphatic carbocycles. The van der Waals surface area contributed by atoms with E-state index in [4.69, 9.17) is 15.2 Å². The first-order valence-corrected chi connectivity index (χ1v) is 9.21. The molecule has 1 aliphatic rings. The van der Waals surface area contributed by atoms with Gasteiger partial charge in [-0.15, -0.1) is 0 Å². The highest BCUT2D eigenvalue weighted by molar-refractivity contribution is 5.96. The number of benzene rings is 1. The minimum atomic E-state index is -0.569. The van der Waals surface area contributed by atoms with Gasteiger partial charge in [0.2, 0.25) is 0 Å². The molecule has 1 aromatic carbocycles. The van der Waals surface area contributed by atoms with Crippen LogP contribution in [0.4, 0.5) is 16.2 Å². The third-order valence-electron chi connectivity index (χ3n) is 3.95. The molecule has 0 saturated carbocycles.